The van der Waals surface area contributed by atoms with E-state index in [9.17, 15) is 0 Å². The summed E-state index contributed by atoms with van der Waals surface area (Å²) < 4.78 is 0. The fourth-order valence-corrected chi connectivity index (χ4v) is 2.50. The van der Waals surface area contributed by atoms with E-state index in [1.165, 1.54) is 51.6 Å². The lowest BCUT2D eigenvalue weighted by atomic mass is 9.80. The van der Waals surface area contributed by atoms with E-state index in [0.29, 0.717) is 5.41 Å². The van der Waals surface area contributed by atoms with Crippen molar-refractivity contribution in [2.75, 3.05) is 26.7 Å². The van der Waals surface area contributed by atoms with Crippen LogP contribution >= 0.6 is 0 Å². The van der Waals surface area contributed by atoms with Gasteiger partial charge in [-0.3, -0.25) is 0 Å². The third-order valence-corrected chi connectivity index (χ3v) is 4.77. The summed E-state index contributed by atoms with van der Waals surface area (Å²) in [5.41, 5.74) is 0.528. The van der Waals surface area contributed by atoms with Crippen molar-refractivity contribution in [1.29, 1.82) is 0 Å². The van der Waals surface area contributed by atoms with Gasteiger partial charge in [-0.25, -0.2) is 0 Å². The van der Waals surface area contributed by atoms with E-state index < -0.39 is 0 Å². The lowest BCUT2D eigenvalue weighted by Gasteiger charge is -2.37. The molecular formula is C15H32N2. The van der Waals surface area contributed by atoms with E-state index in [4.69, 9.17) is 0 Å². The maximum atomic E-state index is 3.46. The summed E-state index contributed by atoms with van der Waals surface area (Å²) >= 11 is 0. The van der Waals surface area contributed by atoms with Crippen LogP contribution in [0.5, 0.6) is 0 Å². The van der Waals surface area contributed by atoms with E-state index in [0.717, 1.165) is 12.6 Å². The van der Waals surface area contributed by atoms with Gasteiger partial charge < -0.3 is 10.2 Å². The van der Waals surface area contributed by atoms with Crippen molar-refractivity contribution >= 4 is 0 Å². The first-order chi connectivity index (χ1) is 8.11. The molecule has 1 rings (SSSR count). The van der Waals surface area contributed by atoms with Gasteiger partial charge in [0, 0.05) is 6.04 Å². The topological polar surface area (TPSA) is 15.3 Å². The number of hydrogen-bond donors (Lipinski definition) is 1. The Labute approximate surface area is 108 Å². The molecular weight excluding hydrogens is 208 g/mol. The molecule has 0 aliphatic heterocycles. The monoisotopic (exact) mass is 240 g/mol. The fraction of sp³-hybridized carbons (Fsp3) is 1.00. The Kier molecular flexibility index (Phi) is 6.50. The molecule has 0 heterocycles. The van der Waals surface area contributed by atoms with E-state index in [2.05, 4.69) is 38.0 Å². The third-order valence-electron chi connectivity index (χ3n) is 4.77. The minimum Gasteiger partial charge on any atom is -0.317 e. The van der Waals surface area contributed by atoms with Crippen molar-refractivity contribution in [2.45, 2.75) is 65.3 Å². The summed E-state index contributed by atoms with van der Waals surface area (Å²) in [6.45, 7) is 10.5. The van der Waals surface area contributed by atoms with E-state index in [-0.39, 0.29) is 0 Å². The van der Waals surface area contributed by atoms with Gasteiger partial charge in [-0.05, 0) is 57.8 Å². The predicted molar refractivity (Wildman–Crippen MR) is 76.4 cm³/mol. The van der Waals surface area contributed by atoms with Crippen LogP contribution < -0.4 is 5.32 Å². The Hall–Kier alpha value is -0.0800. The number of nitrogens with one attached hydrogen (secondary N) is 1. The second kappa shape index (κ2) is 7.38. The molecule has 17 heavy (non-hydrogen) atoms. The molecule has 1 fully saturated rings. The smallest absolute Gasteiger partial charge is 0.00922 e. The first kappa shape index (κ1) is 15.0. The summed E-state index contributed by atoms with van der Waals surface area (Å²) in [4.78, 5) is 2.59. The maximum absolute atomic E-state index is 3.46. The molecule has 1 saturated carbocycles. The minimum atomic E-state index is 0.528. The van der Waals surface area contributed by atoms with Crippen LogP contribution in [0.4, 0.5) is 0 Å². The Morgan fingerprint density at radius 1 is 1.24 bits per heavy atom. The Bertz CT molecular complexity index is 201. The standard InChI is InChI=1S/C15H32N2/c1-5-15(3,10-12-16-6-2)11-13-17(4)14-8-7-9-14/h14,16H,5-13H2,1-4H3. The average molecular weight is 240 g/mol. The van der Waals surface area contributed by atoms with Crippen LogP contribution in [-0.4, -0.2) is 37.6 Å². The van der Waals surface area contributed by atoms with Gasteiger partial charge in [0.2, 0.25) is 0 Å². The second-order valence-corrected chi connectivity index (χ2v) is 6.08. The van der Waals surface area contributed by atoms with Crippen molar-refractivity contribution in [3.8, 4) is 0 Å². The van der Waals surface area contributed by atoms with Crippen molar-refractivity contribution in [3.63, 3.8) is 0 Å². The number of hydrogen-bond acceptors (Lipinski definition) is 2. The van der Waals surface area contributed by atoms with Crippen LogP contribution in [0, 0.1) is 5.41 Å². The summed E-state index contributed by atoms with van der Waals surface area (Å²) in [5, 5.41) is 3.46. The van der Waals surface area contributed by atoms with Crippen LogP contribution in [0.3, 0.4) is 0 Å². The molecule has 0 amide bonds. The van der Waals surface area contributed by atoms with E-state index >= 15 is 0 Å². The van der Waals surface area contributed by atoms with Gasteiger partial charge in [0.05, 0.1) is 0 Å². The summed E-state index contributed by atoms with van der Waals surface area (Å²) in [7, 11) is 2.31. The molecule has 0 bridgehead atoms. The molecule has 1 unspecified atom stereocenters. The molecule has 0 aromatic heterocycles. The molecule has 2 nitrogen and oxygen atoms in total. The van der Waals surface area contributed by atoms with Crippen LogP contribution in [0.25, 0.3) is 0 Å². The van der Waals surface area contributed by atoms with Crippen LogP contribution in [-0.2, 0) is 0 Å². The largest absolute Gasteiger partial charge is 0.317 e. The zero-order valence-corrected chi connectivity index (χ0v) is 12.4. The lowest BCUT2D eigenvalue weighted by Crippen LogP contribution is -2.39. The van der Waals surface area contributed by atoms with Crippen LogP contribution in [0.15, 0.2) is 0 Å². The van der Waals surface area contributed by atoms with E-state index in [1.54, 1.807) is 0 Å². The molecule has 1 N–H and O–H groups in total. The minimum absolute atomic E-state index is 0.528. The highest BCUT2D eigenvalue weighted by atomic mass is 15.1. The Morgan fingerprint density at radius 3 is 2.41 bits per heavy atom. The van der Waals surface area contributed by atoms with Gasteiger partial charge in [0.15, 0.2) is 0 Å². The molecule has 0 aromatic carbocycles. The quantitative estimate of drug-likeness (QED) is 0.622. The highest BCUT2D eigenvalue weighted by molar-refractivity contribution is 4.81. The molecule has 0 spiro atoms. The maximum Gasteiger partial charge on any atom is 0.00922 e. The predicted octanol–water partition coefficient (Wildman–Crippen LogP) is 3.28. The number of nitrogens with zero attached hydrogens (tertiary/aromatic N) is 1. The van der Waals surface area contributed by atoms with Gasteiger partial charge in [-0.2, -0.15) is 0 Å². The van der Waals surface area contributed by atoms with Crippen LogP contribution in [0.2, 0.25) is 0 Å². The van der Waals surface area contributed by atoms with Gasteiger partial charge in [0.1, 0.15) is 0 Å². The van der Waals surface area contributed by atoms with E-state index in [1.807, 2.05) is 0 Å². The normalized spacial score (nSPS) is 20.3. The highest BCUT2D eigenvalue weighted by Gasteiger charge is 2.26. The van der Waals surface area contributed by atoms with Crippen molar-refractivity contribution < 1.29 is 0 Å². The molecule has 0 saturated heterocycles. The van der Waals surface area contributed by atoms with Gasteiger partial charge >= 0.3 is 0 Å². The molecule has 1 atom stereocenters. The zero-order chi connectivity index (χ0) is 12.7. The summed E-state index contributed by atoms with van der Waals surface area (Å²) in [6.07, 6.45) is 8.27. The fourth-order valence-electron chi connectivity index (χ4n) is 2.50. The van der Waals surface area contributed by atoms with Gasteiger partial charge in [-0.15, -0.1) is 0 Å². The van der Waals surface area contributed by atoms with Crippen LogP contribution in [0.1, 0.15) is 59.3 Å². The first-order valence-electron chi connectivity index (χ1n) is 7.52. The molecule has 1 aliphatic rings. The average Bonchev–Trinajstić information content (AvgIpc) is 2.25. The number of rotatable bonds is 9. The van der Waals surface area contributed by atoms with Crippen molar-refractivity contribution in [1.82, 2.24) is 10.2 Å². The molecule has 0 radical (unpaired) electrons. The lowest BCUT2D eigenvalue weighted by molar-refractivity contribution is 0.129. The SMILES string of the molecule is CCNCCC(C)(CC)CCN(C)C1CCC1. The van der Waals surface area contributed by atoms with Gasteiger partial charge in [-0.1, -0.05) is 33.6 Å². The molecule has 1 aliphatic carbocycles. The first-order valence-corrected chi connectivity index (χ1v) is 7.52. The Morgan fingerprint density at radius 2 is 1.94 bits per heavy atom. The van der Waals surface area contributed by atoms with Crippen molar-refractivity contribution in [3.05, 3.63) is 0 Å². The third kappa shape index (κ3) is 4.97. The zero-order valence-electron chi connectivity index (χ0n) is 12.4. The molecule has 102 valence electrons. The van der Waals surface area contributed by atoms with Crippen molar-refractivity contribution in [2.24, 2.45) is 5.41 Å². The molecule has 2 heteroatoms. The molecule has 0 aromatic rings. The summed E-state index contributed by atoms with van der Waals surface area (Å²) in [5.74, 6) is 0. The second-order valence-electron chi connectivity index (χ2n) is 6.08. The summed E-state index contributed by atoms with van der Waals surface area (Å²) in [6, 6.07) is 0.893. The Balaban J connectivity index is 2.23. The highest BCUT2D eigenvalue weighted by Crippen LogP contribution is 2.31. The van der Waals surface area contributed by atoms with Gasteiger partial charge in [0.25, 0.3) is 0 Å².